The van der Waals surface area contributed by atoms with Gasteiger partial charge in [0.25, 0.3) is 0 Å². The Morgan fingerprint density at radius 1 is 0.857 bits per heavy atom. The molecule has 0 unspecified atom stereocenters. The van der Waals surface area contributed by atoms with E-state index in [9.17, 15) is 0 Å². The molecule has 0 heterocycles. The summed E-state index contributed by atoms with van der Waals surface area (Å²) >= 11 is 0. The second-order valence-corrected chi connectivity index (χ2v) is 6.51. The van der Waals surface area contributed by atoms with Crippen molar-refractivity contribution < 1.29 is 9.47 Å². The molecule has 0 spiro atoms. The average Bonchev–Trinajstić information content (AvgIpc) is 2.42. The average molecular weight is 294 g/mol. The van der Waals surface area contributed by atoms with Crippen LogP contribution >= 0.6 is 0 Å². The Bertz CT molecular complexity index is 290. The lowest BCUT2D eigenvalue weighted by Gasteiger charge is -2.16. The normalized spacial score (nSPS) is 14.3. The molecule has 2 nitrogen and oxygen atoms in total. The van der Waals surface area contributed by atoms with E-state index >= 15 is 0 Å². The van der Waals surface area contributed by atoms with Crippen molar-refractivity contribution in [3.8, 4) is 0 Å². The smallest absolute Gasteiger partial charge is 0.0968 e. The molecule has 0 radical (unpaired) electrons. The number of ether oxygens (including phenoxy) is 2. The molecule has 0 atom stereocenters. The van der Waals surface area contributed by atoms with Crippen LogP contribution in [0.1, 0.15) is 60.3 Å². The molecule has 0 aromatic carbocycles. The summed E-state index contributed by atoms with van der Waals surface area (Å²) in [6.45, 7) is 12.4. The van der Waals surface area contributed by atoms with E-state index < -0.39 is 0 Å². The first kappa shape index (κ1) is 19.8. The van der Waals surface area contributed by atoms with Gasteiger partial charge < -0.3 is 9.47 Å². The highest BCUT2D eigenvalue weighted by Crippen LogP contribution is 2.20. The number of allylic oxidation sites excluding steroid dienone is 3. The van der Waals surface area contributed by atoms with Crippen molar-refractivity contribution in [3.05, 3.63) is 36.8 Å². The molecule has 0 amide bonds. The lowest BCUT2D eigenvalue weighted by molar-refractivity contribution is 0.146. The van der Waals surface area contributed by atoms with Gasteiger partial charge in [0.15, 0.2) is 0 Å². The molecular weight excluding hydrogens is 260 g/mol. The number of rotatable bonds is 11. The van der Waals surface area contributed by atoms with Crippen LogP contribution in [0.5, 0.6) is 0 Å². The van der Waals surface area contributed by atoms with Crippen LogP contribution in [0.4, 0.5) is 0 Å². The first-order valence-corrected chi connectivity index (χ1v) is 8.19. The fraction of sp³-hybridized carbons (Fsp3) is 0.684. The van der Waals surface area contributed by atoms with E-state index in [1.807, 2.05) is 12.2 Å². The Morgan fingerprint density at radius 3 is 1.81 bits per heavy atom. The van der Waals surface area contributed by atoms with E-state index in [1.54, 1.807) is 12.5 Å². The molecule has 0 saturated heterocycles. The van der Waals surface area contributed by atoms with Gasteiger partial charge in [-0.3, -0.25) is 0 Å². The summed E-state index contributed by atoms with van der Waals surface area (Å²) in [7, 11) is 0. The highest BCUT2D eigenvalue weighted by Gasteiger charge is 2.09. The fourth-order valence-corrected chi connectivity index (χ4v) is 1.65. The highest BCUT2D eigenvalue weighted by molar-refractivity contribution is 4.90. The Hall–Kier alpha value is -1.18. The second-order valence-electron chi connectivity index (χ2n) is 6.51. The summed E-state index contributed by atoms with van der Waals surface area (Å²) in [4.78, 5) is 0. The van der Waals surface area contributed by atoms with E-state index in [0.29, 0.717) is 24.5 Å². The first-order valence-electron chi connectivity index (χ1n) is 8.19. The van der Waals surface area contributed by atoms with Crippen LogP contribution in [0.15, 0.2) is 36.8 Å². The van der Waals surface area contributed by atoms with Crippen LogP contribution in [0.25, 0.3) is 0 Å². The quantitative estimate of drug-likeness (QED) is 0.351. The molecule has 0 aliphatic carbocycles. The summed E-state index contributed by atoms with van der Waals surface area (Å²) in [5, 5.41) is 0. The topological polar surface area (TPSA) is 18.5 Å². The first-order chi connectivity index (χ1) is 9.99. The van der Waals surface area contributed by atoms with Gasteiger partial charge in [-0.2, -0.15) is 0 Å². The minimum absolute atomic E-state index is 0.299. The maximum atomic E-state index is 5.56. The van der Waals surface area contributed by atoms with E-state index in [0.717, 1.165) is 19.3 Å². The molecule has 0 aromatic heterocycles. The van der Waals surface area contributed by atoms with Crippen LogP contribution in [0, 0.1) is 11.3 Å². The van der Waals surface area contributed by atoms with Gasteiger partial charge in [0.1, 0.15) is 0 Å². The van der Waals surface area contributed by atoms with Crippen molar-refractivity contribution in [3.63, 3.8) is 0 Å². The van der Waals surface area contributed by atoms with Crippen LogP contribution < -0.4 is 0 Å². The zero-order valence-corrected chi connectivity index (χ0v) is 14.6. The van der Waals surface area contributed by atoms with Gasteiger partial charge in [-0.1, -0.05) is 58.9 Å². The third kappa shape index (κ3) is 15.0. The minimum atomic E-state index is 0.299. The van der Waals surface area contributed by atoms with Crippen molar-refractivity contribution in [2.45, 2.75) is 60.3 Å². The van der Waals surface area contributed by atoms with Crippen LogP contribution in [0.2, 0.25) is 0 Å². The maximum Gasteiger partial charge on any atom is 0.0968 e. The third-order valence-electron chi connectivity index (χ3n) is 2.95. The Kier molecular flexibility index (Phi) is 11.8. The lowest BCUT2D eigenvalue weighted by atomic mass is 9.90. The molecule has 0 rings (SSSR count). The molecular formula is C19H34O2. The van der Waals surface area contributed by atoms with Crippen molar-refractivity contribution in [2.75, 3.05) is 13.2 Å². The summed E-state index contributed by atoms with van der Waals surface area (Å²) in [6, 6.07) is 0. The monoisotopic (exact) mass is 294 g/mol. The highest BCUT2D eigenvalue weighted by atomic mass is 16.5. The molecule has 2 heteroatoms. The molecule has 0 bridgehead atoms. The van der Waals surface area contributed by atoms with Gasteiger partial charge in [-0.25, -0.2) is 0 Å². The minimum Gasteiger partial charge on any atom is -0.501 e. The van der Waals surface area contributed by atoms with Crippen molar-refractivity contribution in [1.29, 1.82) is 0 Å². The molecule has 0 aromatic rings. The van der Waals surface area contributed by atoms with Gasteiger partial charge in [0.05, 0.1) is 25.7 Å². The second kappa shape index (κ2) is 12.6. The molecule has 0 aliphatic heterocycles. The Morgan fingerprint density at radius 2 is 1.38 bits per heavy atom. The largest absolute Gasteiger partial charge is 0.501 e. The SMILES string of the molecule is CCC=COCC(C=CCCC(C)(C)C)COC=CCC. The predicted molar refractivity (Wildman–Crippen MR) is 92.1 cm³/mol. The van der Waals surface area contributed by atoms with Gasteiger partial charge in [0.2, 0.25) is 0 Å². The number of hydrogen-bond donors (Lipinski definition) is 0. The van der Waals surface area contributed by atoms with Crippen molar-refractivity contribution in [2.24, 2.45) is 11.3 Å². The molecule has 0 N–H and O–H groups in total. The molecule has 0 fully saturated rings. The van der Waals surface area contributed by atoms with Gasteiger partial charge >= 0.3 is 0 Å². The standard InChI is InChI=1S/C19H34O2/c1-6-8-14-20-16-18(17-21-15-9-7-2)12-10-11-13-19(3,4)5/h8-10,12,14-15,18H,6-7,11,13,16-17H2,1-5H3. The predicted octanol–water partition coefficient (Wildman–Crippen LogP) is 5.87. The third-order valence-corrected chi connectivity index (χ3v) is 2.95. The van der Waals surface area contributed by atoms with E-state index in [2.05, 4.69) is 46.8 Å². The van der Waals surface area contributed by atoms with Crippen LogP contribution in [-0.2, 0) is 9.47 Å². The fourth-order valence-electron chi connectivity index (χ4n) is 1.65. The number of hydrogen-bond acceptors (Lipinski definition) is 2. The van der Waals surface area contributed by atoms with E-state index in [4.69, 9.17) is 9.47 Å². The zero-order valence-electron chi connectivity index (χ0n) is 14.6. The Balaban J connectivity index is 4.18. The van der Waals surface area contributed by atoms with Crippen molar-refractivity contribution in [1.82, 2.24) is 0 Å². The summed E-state index contributed by atoms with van der Waals surface area (Å²) < 4.78 is 11.1. The van der Waals surface area contributed by atoms with Crippen LogP contribution in [-0.4, -0.2) is 13.2 Å². The van der Waals surface area contributed by atoms with E-state index in [1.165, 1.54) is 6.42 Å². The molecule has 21 heavy (non-hydrogen) atoms. The molecule has 122 valence electrons. The van der Waals surface area contributed by atoms with Crippen molar-refractivity contribution >= 4 is 0 Å². The van der Waals surface area contributed by atoms with E-state index in [-0.39, 0.29) is 0 Å². The summed E-state index contributed by atoms with van der Waals surface area (Å²) in [5.74, 6) is 0.299. The molecule has 0 aliphatic rings. The van der Waals surface area contributed by atoms with Gasteiger partial charge in [-0.15, -0.1) is 0 Å². The summed E-state index contributed by atoms with van der Waals surface area (Å²) in [6.07, 6.45) is 16.4. The summed E-state index contributed by atoms with van der Waals surface area (Å²) in [5.41, 5.74) is 0.389. The van der Waals surface area contributed by atoms with Crippen LogP contribution in [0.3, 0.4) is 0 Å². The Labute approximate surface area is 131 Å². The van der Waals surface area contributed by atoms with Gasteiger partial charge in [0, 0.05) is 5.92 Å². The lowest BCUT2D eigenvalue weighted by Crippen LogP contribution is -2.11. The van der Waals surface area contributed by atoms with Gasteiger partial charge in [-0.05, 0) is 31.1 Å². The maximum absolute atomic E-state index is 5.56. The molecule has 0 saturated carbocycles. The zero-order chi connectivity index (χ0) is 16.0.